The normalized spacial score (nSPS) is 20.2. The predicted molar refractivity (Wildman–Crippen MR) is 69.8 cm³/mol. The number of carboxylic acid groups (broad SMARTS) is 1. The van der Waals surface area contributed by atoms with E-state index in [-0.39, 0.29) is 18.3 Å². The van der Waals surface area contributed by atoms with Crippen molar-refractivity contribution >= 4 is 21.9 Å². The third-order valence-electron chi connectivity index (χ3n) is 3.31. The highest BCUT2D eigenvalue weighted by atomic mass is 79.9. The maximum Gasteiger partial charge on any atom is 0.304 e. The molecule has 1 unspecified atom stereocenters. The second-order valence-corrected chi connectivity index (χ2v) is 5.37. The lowest BCUT2D eigenvalue weighted by atomic mass is 10.1. The van der Waals surface area contributed by atoms with Crippen molar-refractivity contribution in [3.05, 3.63) is 34.1 Å². The molecule has 5 heteroatoms. The Labute approximate surface area is 114 Å². The second kappa shape index (κ2) is 5.80. The Hall–Kier alpha value is -0.940. The Kier molecular flexibility index (Phi) is 4.35. The van der Waals surface area contributed by atoms with E-state index in [9.17, 15) is 9.18 Å². The number of benzene rings is 1. The van der Waals surface area contributed by atoms with Gasteiger partial charge in [0.25, 0.3) is 0 Å². The molecular formula is C13H15BrFNO2. The summed E-state index contributed by atoms with van der Waals surface area (Å²) >= 11 is 3.24. The third kappa shape index (κ3) is 3.09. The van der Waals surface area contributed by atoms with Crippen LogP contribution >= 0.6 is 15.9 Å². The van der Waals surface area contributed by atoms with Gasteiger partial charge in [-0.15, -0.1) is 0 Å². The van der Waals surface area contributed by atoms with Crippen LogP contribution in [0.5, 0.6) is 0 Å². The highest BCUT2D eigenvalue weighted by molar-refractivity contribution is 9.10. The van der Waals surface area contributed by atoms with Gasteiger partial charge in [0.1, 0.15) is 5.82 Å². The molecule has 1 N–H and O–H groups in total. The van der Waals surface area contributed by atoms with Crippen LogP contribution in [0.25, 0.3) is 0 Å². The molecule has 98 valence electrons. The van der Waals surface area contributed by atoms with Crippen LogP contribution in [0.15, 0.2) is 22.7 Å². The number of likely N-dealkylation sites (tertiary alicyclic amines) is 1. The molecule has 0 amide bonds. The van der Waals surface area contributed by atoms with E-state index in [1.807, 2.05) is 6.07 Å². The van der Waals surface area contributed by atoms with E-state index in [0.717, 1.165) is 24.9 Å². The Balaban J connectivity index is 2.08. The fourth-order valence-corrected chi connectivity index (χ4v) is 2.82. The maximum absolute atomic E-state index is 13.4. The van der Waals surface area contributed by atoms with Crippen LogP contribution < -0.4 is 0 Å². The van der Waals surface area contributed by atoms with Gasteiger partial charge in [0.2, 0.25) is 0 Å². The molecule has 0 saturated carbocycles. The summed E-state index contributed by atoms with van der Waals surface area (Å²) in [6, 6.07) is 5.02. The maximum atomic E-state index is 13.4. The number of halogens is 2. The smallest absolute Gasteiger partial charge is 0.304 e. The number of hydrogen-bond acceptors (Lipinski definition) is 2. The molecule has 1 saturated heterocycles. The summed E-state index contributed by atoms with van der Waals surface area (Å²) in [5.41, 5.74) is 0.868. The van der Waals surface area contributed by atoms with Crippen LogP contribution in [-0.4, -0.2) is 28.6 Å². The van der Waals surface area contributed by atoms with Gasteiger partial charge in [-0.1, -0.05) is 12.1 Å². The Morgan fingerprint density at radius 2 is 2.33 bits per heavy atom. The lowest BCUT2D eigenvalue weighted by molar-refractivity contribution is -0.138. The van der Waals surface area contributed by atoms with Crippen molar-refractivity contribution in [1.29, 1.82) is 0 Å². The van der Waals surface area contributed by atoms with Crippen LogP contribution in [0.1, 0.15) is 24.8 Å². The summed E-state index contributed by atoms with van der Waals surface area (Å²) in [7, 11) is 0. The zero-order valence-electron chi connectivity index (χ0n) is 9.90. The zero-order valence-corrected chi connectivity index (χ0v) is 11.5. The van der Waals surface area contributed by atoms with Crippen LogP contribution in [0, 0.1) is 5.82 Å². The van der Waals surface area contributed by atoms with E-state index >= 15 is 0 Å². The molecule has 3 nitrogen and oxygen atoms in total. The average Bonchev–Trinajstić information content (AvgIpc) is 2.72. The number of hydrogen-bond donors (Lipinski definition) is 1. The van der Waals surface area contributed by atoms with Crippen LogP contribution in [0.4, 0.5) is 4.39 Å². The fourth-order valence-electron chi connectivity index (χ4n) is 2.43. The van der Waals surface area contributed by atoms with Crippen molar-refractivity contribution < 1.29 is 14.3 Å². The lowest BCUT2D eigenvalue weighted by Gasteiger charge is -2.23. The fraction of sp³-hybridized carbons (Fsp3) is 0.462. The van der Waals surface area contributed by atoms with Crippen molar-refractivity contribution in [2.75, 3.05) is 6.54 Å². The van der Waals surface area contributed by atoms with E-state index in [4.69, 9.17) is 5.11 Å². The monoisotopic (exact) mass is 315 g/mol. The minimum atomic E-state index is -0.773. The first-order valence-electron chi connectivity index (χ1n) is 5.96. The van der Waals surface area contributed by atoms with Crippen molar-refractivity contribution in [3.8, 4) is 0 Å². The third-order valence-corrected chi connectivity index (χ3v) is 4.20. The van der Waals surface area contributed by atoms with Crippen LogP contribution in [0.2, 0.25) is 0 Å². The van der Waals surface area contributed by atoms with E-state index in [2.05, 4.69) is 20.8 Å². The van der Waals surface area contributed by atoms with Crippen LogP contribution in [0.3, 0.4) is 0 Å². The number of nitrogens with zero attached hydrogens (tertiary/aromatic N) is 1. The van der Waals surface area contributed by atoms with Gasteiger partial charge < -0.3 is 5.11 Å². The molecule has 1 atom stereocenters. The first kappa shape index (κ1) is 13.5. The molecule has 1 heterocycles. The number of aliphatic carboxylic acids is 1. The molecule has 1 aliphatic heterocycles. The van der Waals surface area contributed by atoms with Crippen molar-refractivity contribution in [3.63, 3.8) is 0 Å². The van der Waals surface area contributed by atoms with Gasteiger partial charge in [-0.3, -0.25) is 9.69 Å². The van der Waals surface area contributed by atoms with Crippen molar-refractivity contribution in [2.45, 2.75) is 31.8 Å². The van der Waals surface area contributed by atoms with E-state index in [1.54, 1.807) is 6.07 Å². The van der Waals surface area contributed by atoms with Gasteiger partial charge in [0.15, 0.2) is 0 Å². The van der Waals surface area contributed by atoms with Gasteiger partial charge in [0, 0.05) is 12.6 Å². The van der Waals surface area contributed by atoms with Crippen molar-refractivity contribution in [2.24, 2.45) is 0 Å². The van der Waals surface area contributed by atoms with Crippen LogP contribution in [-0.2, 0) is 11.3 Å². The standard InChI is InChI=1S/C13H15BrFNO2/c14-13-9(3-1-5-11(13)15)8-16-6-2-4-10(16)7-12(17)18/h1,3,5,10H,2,4,6-8H2,(H,17,18). The summed E-state index contributed by atoms with van der Waals surface area (Å²) in [6.07, 6.45) is 2.07. The Morgan fingerprint density at radius 1 is 1.56 bits per heavy atom. The molecule has 0 spiro atoms. The quantitative estimate of drug-likeness (QED) is 0.928. The minimum absolute atomic E-state index is 0.0673. The number of carboxylic acids is 1. The summed E-state index contributed by atoms with van der Waals surface area (Å²) < 4.78 is 13.9. The second-order valence-electron chi connectivity index (χ2n) is 4.58. The minimum Gasteiger partial charge on any atom is -0.481 e. The summed E-state index contributed by atoms with van der Waals surface area (Å²) in [5, 5.41) is 8.86. The molecule has 18 heavy (non-hydrogen) atoms. The van der Waals surface area contributed by atoms with Gasteiger partial charge >= 0.3 is 5.97 Å². The highest BCUT2D eigenvalue weighted by Crippen LogP contribution is 2.27. The van der Waals surface area contributed by atoms with E-state index in [1.165, 1.54) is 6.07 Å². The molecule has 1 aromatic carbocycles. The Morgan fingerprint density at radius 3 is 3.06 bits per heavy atom. The highest BCUT2D eigenvalue weighted by Gasteiger charge is 2.27. The lowest BCUT2D eigenvalue weighted by Crippen LogP contribution is -2.31. The molecular weight excluding hydrogens is 301 g/mol. The van der Waals surface area contributed by atoms with Gasteiger partial charge in [-0.2, -0.15) is 0 Å². The predicted octanol–water partition coefficient (Wildman–Crippen LogP) is 3.03. The molecule has 1 aliphatic rings. The molecule has 0 aliphatic carbocycles. The Bertz CT molecular complexity index is 453. The summed E-state index contributed by atoms with van der Waals surface area (Å²) in [4.78, 5) is 12.9. The van der Waals surface area contributed by atoms with Gasteiger partial charge in [-0.25, -0.2) is 4.39 Å². The van der Waals surface area contributed by atoms with Gasteiger partial charge in [-0.05, 0) is 46.9 Å². The van der Waals surface area contributed by atoms with E-state index in [0.29, 0.717) is 11.0 Å². The van der Waals surface area contributed by atoms with E-state index < -0.39 is 5.97 Å². The average molecular weight is 316 g/mol. The molecule has 1 aromatic rings. The van der Waals surface area contributed by atoms with Crippen molar-refractivity contribution in [1.82, 2.24) is 4.90 Å². The topological polar surface area (TPSA) is 40.5 Å². The molecule has 1 fully saturated rings. The molecule has 2 rings (SSSR count). The number of carbonyl (C=O) groups is 1. The first-order valence-corrected chi connectivity index (χ1v) is 6.76. The summed E-state index contributed by atoms with van der Waals surface area (Å²) in [6.45, 7) is 1.47. The largest absolute Gasteiger partial charge is 0.481 e. The molecule has 0 aromatic heterocycles. The first-order chi connectivity index (χ1) is 8.58. The molecule has 0 radical (unpaired) electrons. The van der Waals surface area contributed by atoms with Gasteiger partial charge in [0.05, 0.1) is 10.9 Å². The zero-order chi connectivity index (χ0) is 13.1. The summed E-state index contributed by atoms with van der Waals surface area (Å²) in [5.74, 6) is -1.05. The number of rotatable bonds is 4. The molecule has 0 bridgehead atoms. The SMILES string of the molecule is O=C(O)CC1CCCN1Cc1cccc(F)c1Br.